The fraction of sp³-hybridized carbons (Fsp3) is 0.273. The number of aromatic nitrogens is 3. The molecular formula is C11H12F2N4O2S. The molecule has 6 nitrogen and oxygen atoms in total. The zero-order chi connectivity index (χ0) is 14.9. The highest BCUT2D eigenvalue weighted by molar-refractivity contribution is 7.89. The van der Waals surface area contributed by atoms with E-state index in [0.717, 1.165) is 22.8 Å². The summed E-state index contributed by atoms with van der Waals surface area (Å²) < 4.78 is 51.0. The molecule has 9 heteroatoms. The van der Waals surface area contributed by atoms with Gasteiger partial charge in [0.1, 0.15) is 11.6 Å². The Hall–Kier alpha value is -1.87. The summed E-state index contributed by atoms with van der Waals surface area (Å²) >= 11 is 0. The smallest absolute Gasteiger partial charge is 0.273 e. The van der Waals surface area contributed by atoms with Crippen molar-refractivity contribution in [3.8, 4) is 11.4 Å². The van der Waals surface area contributed by atoms with Gasteiger partial charge >= 0.3 is 0 Å². The van der Waals surface area contributed by atoms with Gasteiger partial charge < -0.3 is 0 Å². The van der Waals surface area contributed by atoms with Gasteiger partial charge in [0.05, 0.1) is 5.56 Å². The molecule has 0 saturated carbocycles. The lowest BCUT2D eigenvalue weighted by atomic mass is 10.2. The van der Waals surface area contributed by atoms with E-state index in [0.29, 0.717) is 6.42 Å². The van der Waals surface area contributed by atoms with Crippen LogP contribution in [-0.4, -0.2) is 23.2 Å². The Labute approximate surface area is 114 Å². The van der Waals surface area contributed by atoms with E-state index in [1.165, 1.54) is 0 Å². The molecule has 0 atom stereocenters. The Kier molecular flexibility index (Phi) is 3.82. The lowest BCUT2D eigenvalue weighted by Gasteiger charge is -2.08. The minimum Gasteiger partial charge on any atom is -0.297 e. The van der Waals surface area contributed by atoms with Crippen molar-refractivity contribution in [3.05, 3.63) is 29.8 Å². The molecule has 0 saturated heterocycles. The van der Waals surface area contributed by atoms with Crippen LogP contribution in [-0.2, 0) is 16.6 Å². The van der Waals surface area contributed by atoms with E-state index >= 15 is 0 Å². The van der Waals surface area contributed by atoms with Crippen molar-refractivity contribution in [2.75, 3.05) is 0 Å². The Morgan fingerprint density at radius 1 is 1.30 bits per heavy atom. The van der Waals surface area contributed by atoms with E-state index in [-0.39, 0.29) is 17.9 Å². The largest absolute Gasteiger partial charge is 0.297 e. The van der Waals surface area contributed by atoms with Gasteiger partial charge in [0, 0.05) is 6.54 Å². The Morgan fingerprint density at radius 3 is 2.60 bits per heavy atom. The first-order valence-corrected chi connectivity index (χ1v) is 7.30. The van der Waals surface area contributed by atoms with Crippen molar-refractivity contribution >= 4 is 10.0 Å². The molecule has 0 amide bonds. The topological polar surface area (TPSA) is 90.9 Å². The zero-order valence-corrected chi connectivity index (χ0v) is 11.4. The number of hydrogen-bond acceptors (Lipinski definition) is 4. The molecule has 0 aliphatic carbocycles. The SMILES string of the molecule is CCCn1c(-c2cc(F)ccc2F)nnc1S(N)(=O)=O. The number of sulfonamides is 1. The maximum Gasteiger partial charge on any atom is 0.273 e. The summed E-state index contributed by atoms with van der Waals surface area (Å²) in [5.74, 6) is -1.46. The first kappa shape index (κ1) is 14.5. The Morgan fingerprint density at radius 2 is 2.00 bits per heavy atom. The molecule has 0 aliphatic heterocycles. The van der Waals surface area contributed by atoms with Crippen LogP contribution in [0.25, 0.3) is 11.4 Å². The van der Waals surface area contributed by atoms with Gasteiger partial charge in [-0.05, 0) is 24.6 Å². The first-order chi connectivity index (χ1) is 9.34. The van der Waals surface area contributed by atoms with Gasteiger partial charge in [-0.3, -0.25) is 4.57 Å². The monoisotopic (exact) mass is 302 g/mol. The van der Waals surface area contributed by atoms with E-state index in [1.54, 1.807) is 6.92 Å². The normalized spacial score (nSPS) is 11.8. The number of nitrogens with zero attached hydrogens (tertiary/aromatic N) is 3. The number of halogens is 2. The van der Waals surface area contributed by atoms with Crippen molar-refractivity contribution in [1.29, 1.82) is 0 Å². The summed E-state index contributed by atoms with van der Waals surface area (Å²) in [6.45, 7) is 2.00. The molecule has 0 spiro atoms. The van der Waals surface area contributed by atoms with Gasteiger partial charge in [0.2, 0.25) is 0 Å². The van der Waals surface area contributed by atoms with Crippen LogP contribution in [0.1, 0.15) is 13.3 Å². The molecule has 2 aromatic rings. The van der Waals surface area contributed by atoms with Crippen LogP contribution in [0.15, 0.2) is 23.4 Å². The Balaban J connectivity index is 2.69. The molecule has 1 aromatic carbocycles. The second-order valence-electron chi connectivity index (χ2n) is 4.13. The van der Waals surface area contributed by atoms with Crippen molar-refractivity contribution in [2.45, 2.75) is 25.0 Å². The zero-order valence-electron chi connectivity index (χ0n) is 10.5. The van der Waals surface area contributed by atoms with Gasteiger partial charge in [-0.25, -0.2) is 22.3 Å². The van der Waals surface area contributed by atoms with Crippen LogP contribution in [0.5, 0.6) is 0 Å². The summed E-state index contributed by atoms with van der Waals surface area (Å²) in [4.78, 5) is 0. The molecule has 0 radical (unpaired) electrons. The van der Waals surface area contributed by atoms with Gasteiger partial charge in [-0.1, -0.05) is 6.92 Å². The van der Waals surface area contributed by atoms with Gasteiger partial charge in [-0.2, -0.15) is 0 Å². The van der Waals surface area contributed by atoms with E-state index < -0.39 is 26.8 Å². The molecule has 0 bridgehead atoms. The molecule has 1 heterocycles. The molecule has 20 heavy (non-hydrogen) atoms. The second kappa shape index (κ2) is 5.25. The van der Waals surface area contributed by atoms with E-state index in [9.17, 15) is 17.2 Å². The molecular weight excluding hydrogens is 290 g/mol. The van der Waals surface area contributed by atoms with Crippen LogP contribution in [0.3, 0.4) is 0 Å². The maximum atomic E-state index is 13.8. The molecule has 0 aliphatic rings. The van der Waals surface area contributed by atoms with E-state index in [2.05, 4.69) is 10.2 Å². The standard InChI is InChI=1S/C11H12F2N4O2S/c1-2-5-17-10(15-16-11(17)20(14,18)19)8-6-7(12)3-4-9(8)13/h3-4,6H,2,5H2,1H3,(H2,14,18,19). The predicted molar refractivity (Wildman–Crippen MR) is 67.0 cm³/mol. The van der Waals surface area contributed by atoms with Crippen LogP contribution >= 0.6 is 0 Å². The molecule has 2 N–H and O–H groups in total. The number of primary sulfonamides is 1. The number of rotatable bonds is 4. The van der Waals surface area contributed by atoms with Gasteiger partial charge in [0.25, 0.3) is 15.2 Å². The molecule has 1 aromatic heterocycles. The lowest BCUT2D eigenvalue weighted by molar-refractivity contribution is 0.557. The van der Waals surface area contributed by atoms with Crippen LogP contribution in [0.4, 0.5) is 8.78 Å². The van der Waals surface area contributed by atoms with E-state index in [4.69, 9.17) is 5.14 Å². The van der Waals surface area contributed by atoms with Gasteiger partial charge in [0.15, 0.2) is 5.82 Å². The summed E-state index contributed by atoms with van der Waals surface area (Å²) in [7, 11) is -4.09. The average Bonchev–Trinajstić information content (AvgIpc) is 2.76. The molecule has 2 rings (SSSR count). The first-order valence-electron chi connectivity index (χ1n) is 5.76. The fourth-order valence-corrected chi connectivity index (χ4v) is 2.43. The third kappa shape index (κ3) is 2.68. The molecule has 0 fully saturated rings. The van der Waals surface area contributed by atoms with Gasteiger partial charge in [-0.15, -0.1) is 10.2 Å². The van der Waals surface area contributed by atoms with Crippen molar-refractivity contribution < 1.29 is 17.2 Å². The van der Waals surface area contributed by atoms with Crippen LogP contribution in [0, 0.1) is 11.6 Å². The minimum absolute atomic E-state index is 0.0760. The number of benzene rings is 1. The summed E-state index contributed by atoms with van der Waals surface area (Å²) in [6, 6.07) is 2.82. The average molecular weight is 302 g/mol. The predicted octanol–water partition coefficient (Wildman–Crippen LogP) is 1.28. The highest BCUT2D eigenvalue weighted by Gasteiger charge is 2.23. The molecule has 0 unspecified atom stereocenters. The number of nitrogens with two attached hydrogens (primary N) is 1. The third-order valence-corrected chi connectivity index (χ3v) is 3.40. The lowest BCUT2D eigenvalue weighted by Crippen LogP contribution is -2.19. The Bertz CT molecular complexity index is 743. The van der Waals surface area contributed by atoms with Crippen molar-refractivity contribution in [2.24, 2.45) is 5.14 Å². The third-order valence-electron chi connectivity index (χ3n) is 2.59. The van der Waals surface area contributed by atoms with Crippen molar-refractivity contribution in [3.63, 3.8) is 0 Å². The van der Waals surface area contributed by atoms with Crippen molar-refractivity contribution in [1.82, 2.24) is 14.8 Å². The second-order valence-corrected chi connectivity index (χ2v) is 5.58. The summed E-state index contributed by atoms with van der Waals surface area (Å²) in [5, 5.41) is 11.6. The maximum absolute atomic E-state index is 13.8. The fourth-order valence-electron chi connectivity index (χ4n) is 1.79. The number of hydrogen-bond donors (Lipinski definition) is 1. The minimum atomic E-state index is -4.09. The summed E-state index contributed by atoms with van der Waals surface area (Å²) in [5.41, 5.74) is -0.166. The summed E-state index contributed by atoms with van der Waals surface area (Å²) in [6.07, 6.45) is 0.546. The van der Waals surface area contributed by atoms with Crippen LogP contribution < -0.4 is 5.14 Å². The highest BCUT2D eigenvalue weighted by atomic mass is 32.2. The van der Waals surface area contributed by atoms with Crippen LogP contribution in [0.2, 0.25) is 0 Å². The quantitative estimate of drug-likeness (QED) is 0.921. The highest BCUT2D eigenvalue weighted by Crippen LogP contribution is 2.24. The van der Waals surface area contributed by atoms with E-state index in [1.807, 2.05) is 0 Å². The molecule has 108 valence electrons.